The molecule has 4 rings (SSSR count). The highest BCUT2D eigenvalue weighted by atomic mass is 35.5. The molecule has 0 spiro atoms. The van der Waals surface area contributed by atoms with Crippen LogP contribution in [0.3, 0.4) is 0 Å². The second kappa shape index (κ2) is 7.70. The molecule has 8 heteroatoms. The third kappa shape index (κ3) is 3.99. The topological polar surface area (TPSA) is 75.7 Å². The molecule has 3 aromatic heterocycles. The number of furan rings is 1. The Labute approximate surface area is 162 Å². The van der Waals surface area contributed by atoms with E-state index in [2.05, 4.69) is 20.3 Å². The third-order valence-corrected chi connectivity index (χ3v) is 5.27. The van der Waals surface area contributed by atoms with Crippen LogP contribution in [0, 0.1) is 12.8 Å². The van der Waals surface area contributed by atoms with E-state index in [4.69, 9.17) is 16.0 Å². The zero-order valence-corrected chi connectivity index (χ0v) is 15.9. The average molecular weight is 388 g/mol. The molecule has 3 aromatic rings. The second-order valence-electron chi connectivity index (χ2n) is 7.02. The van der Waals surface area contributed by atoms with E-state index >= 15 is 0 Å². The van der Waals surface area contributed by atoms with Crippen LogP contribution in [-0.2, 0) is 6.54 Å². The van der Waals surface area contributed by atoms with Gasteiger partial charge >= 0.3 is 0 Å². The average Bonchev–Trinajstić information content (AvgIpc) is 3.30. The molecule has 27 heavy (non-hydrogen) atoms. The summed E-state index contributed by atoms with van der Waals surface area (Å²) in [5, 5.41) is 7.70. The molecule has 0 aromatic carbocycles. The van der Waals surface area contributed by atoms with Crippen LogP contribution in [0.5, 0.6) is 0 Å². The molecule has 1 saturated heterocycles. The van der Waals surface area contributed by atoms with Gasteiger partial charge in [-0.1, -0.05) is 0 Å². The van der Waals surface area contributed by atoms with Crippen LogP contribution < -0.4 is 5.32 Å². The monoisotopic (exact) mass is 387 g/mol. The zero-order valence-electron chi connectivity index (χ0n) is 15.2. The number of amides is 1. The largest absolute Gasteiger partial charge is 0.448 e. The van der Waals surface area contributed by atoms with E-state index in [1.165, 1.54) is 0 Å². The van der Waals surface area contributed by atoms with Gasteiger partial charge in [0.1, 0.15) is 5.76 Å². The normalized spacial score (nSPS) is 18.1. The molecule has 1 aliphatic rings. The number of fused-ring (bicyclic) bond motifs is 1. The summed E-state index contributed by atoms with van der Waals surface area (Å²) in [6.07, 6.45) is 5.51. The molecule has 1 unspecified atom stereocenters. The first-order valence-corrected chi connectivity index (χ1v) is 9.52. The molecule has 4 heterocycles. The van der Waals surface area contributed by atoms with E-state index in [0.717, 1.165) is 49.6 Å². The van der Waals surface area contributed by atoms with Crippen molar-refractivity contribution in [3.8, 4) is 0 Å². The SMILES string of the molecule is Cc1c(C(=O)NCC2CCCN(Cc3ccc(Cl)o3)C2)cnc2ccnn12. The molecule has 1 N–H and O–H groups in total. The van der Waals surface area contributed by atoms with Gasteiger partial charge in [-0.3, -0.25) is 9.69 Å². The summed E-state index contributed by atoms with van der Waals surface area (Å²) in [5.41, 5.74) is 2.09. The van der Waals surface area contributed by atoms with Gasteiger partial charge < -0.3 is 9.73 Å². The predicted octanol–water partition coefficient (Wildman–Crippen LogP) is 2.93. The van der Waals surface area contributed by atoms with Crippen LogP contribution in [0.1, 0.15) is 34.7 Å². The zero-order chi connectivity index (χ0) is 18.8. The maximum atomic E-state index is 12.6. The van der Waals surface area contributed by atoms with Crippen LogP contribution in [0.25, 0.3) is 5.65 Å². The second-order valence-corrected chi connectivity index (χ2v) is 7.39. The van der Waals surface area contributed by atoms with E-state index in [0.29, 0.717) is 23.2 Å². The smallest absolute Gasteiger partial charge is 0.254 e. The number of hydrogen-bond donors (Lipinski definition) is 1. The Morgan fingerprint density at radius 2 is 2.30 bits per heavy atom. The van der Waals surface area contributed by atoms with Gasteiger partial charge in [-0.25, -0.2) is 9.50 Å². The highest BCUT2D eigenvalue weighted by Crippen LogP contribution is 2.20. The third-order valence-electron chi connectivity index (χ3n) is 5.06. The minimum Gasteiger partial charge on any atom is -0.448 e. The lowest BCUT2D eigenvalue weighted by molar-refractivity contribution is 0.0926. The molecular formula is C19H22ClN5O2. The standard InChI is InChI=1S/C19H22ClN5O2/c1-13-16(10-21-18-6-7-23-25(13)18)19(26)22-9-14-3-2-8-24(11-14)12-15-4-5-17(20)27-15/h4-7,10,14H,2-3,8-9,11-12H2,1H3,(H,22,26). The summed E-state index contributed by atoms with van der Waals surface area (Å²) in [6.45, 7) is 5.23. The summed E-state index contributed by atoms with van der Waals surface area (Å²) in [6, 6.07) is 5.50. The minimum absolute atomic E-state index is 0.104. The molecular weight excluding hydrogens is 366 g/mol. The highest BCUT2D eigenvalue weighted by Gasteiger charge is 2.22. The lowest BCUT2D eigenvalue weighted by atomic mass is 9.97. The van der Waals surface area contributed by atoms with Crippen molar-refractivity contribution >= 4 is 23.2 Å². The molecule has 1 fully saturated rings. The van der Waals surface area contributed by atoms with Crippen LogP contribution in [0.15, 0.2) is 35.0 Å². The fraction of sp³-hybridized carbons (Fsp3) is 0.421. The van der Waals surface area contributed by atoms with Crippen LogP contribution in [-0.4, -0.2) is 45.0 Å². The van der Waals surface area contributed by atoms with Gasteiger partial charge in [-0.2, -0.15) is 5.10 Å². The first-order chi connectivity index (χ1) is 13.1. The molecule has 0 radical (unpaired) electrons. The summed E-state index contributed by atoms with van der Waals surface area (Å²) in [5.74, 6) is 1.18. The lowest BCUT2D eigenvalue weighted by Crippen LogP contribution is -2.40. The first-order valence-electron chi connectivity index (χ1n) is 9.14. The van der Waals surface area contributed by atoms with Crippen molar-refractivity contribution in [3.63, 3.8) is 0 Å². The molecule has 142 valence electrons. The Morgan fingerprint density at radius 3 is 3.11 bits per heavy atom. The number of nitrogens with zero attached hydrogens (tertiary/aromatic N) is 4. The van der Waals surface area contributed by atoms with Crippen molar-refractivity contribution in [2.75, 3.05) is 19.6 Å². The number of nitrogens with one attached hydrogen (secondary N) is 1. The van der Waals surface area contributed by atoms with E-state index in [9.17, 15) is 4.79 Å². The van der Waals surface area contributed by atoms with Gasteiger partial charge in [0, 0.05) is 25.4 Å². The predicted molar refractivity (Wildman–Crippen MR) is 102 cm³/mol. The Balaban J connectivity index is 1.34. The van der Waals surface area contributed by atoms with Gasteiger partial charge in [-0.15, -0.1) is 0 Å². The van der Waals surface area contributed by atoms with Crippen LogP contribution in [0.4, 0.5) is 0 Å². The van der Waals surface area contributed by atoms with E-state index in [-0.39, 0.29) is 5.91 Å². The van der Waals surface area contributed by atoms with Gasteiger partial charge in [0.25, 0.3) is 5.91 Å². The minimum atomic E-state index is -0.104. The Hall–Kier alpha value is -2.38. The Bertz CT molecular complexity index is 951. The quantitative estimate of drug-likeness (QED) is 0.728. The molecule has 1 atom stereocenters. The number of piperidine rings is 1. The molecule has 7 nitrogen and oxygen atoms in total. The van der Waals surface area contributed by atoms with Crippen molar-refractivity contribution in [2.45, 2.75) is 26.3 Å². The maximum absolute atomic E-state index is 12.6. The summed E-state index contributed by atoms with van der Waals surface area (Å²) in [4.78, 5) is 19.2. The molecule has 0 aliphatic carbocycles. The van der Waals surface area contributed by atoms with E-state index in [1.807, 2.05) is 19.1 Å². The van der Waals surface area contributed by atoms with Gasteiger partial charge in [0.2, 0.25) is 0 Å². The van der Waals surface area contributed by atoms with Crippen molar-refractivity contribution in [2.24, 2.45) is 5.92 Å². The fourth-order valence-corrected chi connectivity index (χ4v) is 3.83. The van der Waals surface area contributed by atoms with Crippen molar-refractivity contribution in [1.82, 2.24) is 24.8 Å². The van der Waals surface area contributed by atoms with E-state index < -0.39 is 0 Å². The Kier molecular flexibility index (Phi) is 5.13. The number of carbonyl (C=O) groups excluding carboxylic acids is 1. The summed E-state index contributed by atoms with van der Waals surface area (Å²) >= 11 is 5.85. The van der Waals surface area contributed by atoms with Crippen LogP contribution in [0.2, 0.25) is 5.22 Å². The fourth-order valence-electron chi connectivity index (χ4n) is 3.66. The lowest BCUT2D eigenvalue weighted by Gasteiger charge is -2.32. The summed E-state index contributed by atoms with van der Waals surface area (Å²) in [7, 11) is 0. The molecule has 1 amide bonds. The number of hydrogen-bond acceptors (Lipinski definition) is 5. The number of rotatable bonds is 5. The number of aromatic nitrogens is 3. The molecule has 1 aliphatic heterocycles. The maximum Gasteiger partial charge on any atom is 0.254 e. The Morgan fingerprint density at radius 1 is 1.41 bits per heavy atom. The summed E-state index contributed by atoms with van der Waals surface area (Å²) < 4.78 is 7.14. The molecule has 0 bridgehead atoms. The van der Waals surface area contributed by atoms with Gasteiger partial charge in [0.15, 0.2) is 10.9 Å². The van der Waals surface area contributed by atoms with Crippen molar-refractivity contribution < 1.29 is 9.21 Å². The number of aryl methyl sites for hydroxylation is 1. The first kappa shape index (κ1) is 18.0. The van der Waals surface area contributed by atoms with Crippen LogP contribution >= 0.6 is 11.6 Å². The number of likely N-dealkylation sites (tertiary alicyclic amines) is 1. The highest BCUT2D eigenvalue weighted by molar-refractivity contribution is 6.28. The molecule has 0 saturated carbocycles. The number of halogens is 1. The van der Waals surface area contributed by atoms with E-state index in [1.54, 1.807) is 23.0 Å². The van der Waals surface area contributed by atoms with Crippen molar-refractivity contribution in [1.29, 1.82) is 0 Å². The van der Waals surface area contributed by atoms with Gasteiger partial charge in [-0.05, 0) is 56.0 Å². The number of carbonyl (C=O) groups is 1. The van der Waals surface area contributed by atoms with Crippen molar-refractivity contribution in [3.05, 3.63) is 52.8 Å². The van der Waals surface area contributed by atoms with Gasteiger partial charge in [0.05, 0.1) is 24.0 Å².